The van der Waals surface area contributed by atoms with Crippen molar-refractivity contribution in [3.63, 3.8) is 0 Å². The molecule has 328 valence electrons. The highest BCUT2D eigenvalue weighted by Gasteiger charge is 2.13. The lowest BCUT2D eigenvalue weighted by atomic mass is 10.1. The lowest BCUT2D eigenvalue weighted by Gasteiger charge is -2.27. The molecule has 0 aromatic heterocycles. The molecule has 0 radical (unpaired) electrons. The van der Waals surface area contributed by atoms with Gasteiger partial charge in [0.05, 0.1) is 0 Å². The Kier molecular flexibility index (Phi) is 25.1. The van der Waals surface area contributed by atoms with E-state index in [4.69, 9.17) is 0 Å². The SMILES string of the molecule is c1cc(CN2CCCN(Cc3ccc(CN4CCCNCCNCCCNCC4)cc3)CCNCCCNCC2)ccc1CN1CCCNCCNCCCNCC1. The van der Waals surface area contributed by atoms with E-state index in [1.54, 1.807) is 0 Å². The minimum absolute atomic E-state index is 1.01. The second-order valence-corrected chi connectivity index (χ2v) is 16.9. The third-order valence-corrected chi connectivity index (χ3v) is 11.8. The molecule has 58 heavy (non-hydrogen) atoms. The van der Waals surface area contributed by atoms with Gasteiger partial charge in [0.1, 0.15) is 0 Å². The van der Waals surface area contributed by atoms with Gasteiger partial charge in [-0.15, -0.1) is 0 Å². The predicted octanol–water partition coefficient (Wildman–Crippen LogP) is 1.69. The highest BCUT2D eigenvalue weighted by molar-refractivity contribution is 5.23. The van der Waals surface area contributed by atoms with Gasteiger partial charge in [-0.3, -0.25) is 19.6 Å². The molecular weight excluding hydrogens is 721 g/mol. The lowest BCUT2D eigenvalue weighted by Crippen LogP contribution is -2.38. The molecule has 12 heteroatoms. The minimum Gasteiger partial charge on any atom is -0.315 e. The molecule has 0 saturated carbocycles. The van der Waals surface area contributed by atoms with Crippen LogP contribution < -0.4 is 42.5 Å². The first kappa shape index (κ1) is 47.0. The molecule has 12 nitrogen and oxygen atoms in total. The Bertz CT molecular complexity index is 1140. The smallest absolute Gasteiger partial charge is 0.0234 e. The van der Waals surface area contributed by atoms with E-state index >= 15 is 0 Å². The minimum atomic E-state index is 1.01. The van der Waals surface area contributed by atoms with Crippen LogP contribution in [0.1, 0.15) is 60.8 Å². The Morgan fingerprint density at radius 2 is 0.466 bits per heavy atom. The average molecular weight is 805 g/mol. The van der Waals surface area contributed by atoms with Crippen molar-refractivity contribution in [2.24, 2.45) is 0 Å². The van der Waals surface area contributed by atoms with Crippen LogP contribution in [0.15, 0.2) is 48.5 Å². The fourth-order valence-corrected chi connectivity index (χ4v) is 8.30. The third-order valence-electron chi connectivity index (χ3n) is 11.8. The summed E-state index contributed by atoms with van der Waals surface area (Å²) in [5.74, 6) is 0. The molecule has 0 amide bonds. The summed E-state index contributed by atoms with van der Waals surface area (Å²) in [5.41, 5.74) is 5.70. The van der Waals surface area contributed by atoms with Crippen molar-refractivity contribution >= 4 is 0 Å². The highest BCUT2D eigenvalue weighted by atomic mass is 15.2. The zero-order valence-electron chi connectivity index (χ0n) is 36.4. The summed E-state index contributed by atoms with van der Waals surface area (Å²) in [4.78, 5) is 10.6. The van der Waals surface area contributed by atoms with E-state index in [0.29, 0.717) is 0 Å². The molecule has 8 N–H and O–H groups in total. The number of hydrogen-bond donors (Lipinski definition) is 8. The van der Waals surface area contributed by atoms with E-state index < -0.39 is 0 Å². The van der Waals surface area contributed by atoms with Crippen LogP contribution in [0.2, 0.25) is 0 Å². The van der Waals surface area contributed by atoms with E-state index in [9.17, 15) is 0 Å². The second kappa shape index (κ2) is 30.9. The van der Waals surface area contributed by atoms with Crippen molar-refractivity contribution in [1.29, 1.82) is 0 Å². The Balaban J connectivity index is 1.09. The predicted molar refractivity (Wildman–Crippen MR) is 245 cm³/mol. The third kappa shape index (κ3) is 21.5. The van der Waals surface area contributed by atoms with Crippen molar-refractivity contribution in [3.05, 3.63) is 70.8 Å². The standard InChI is InChI=1S/C46H84N12/c1-15-47-23-25-49-21-4-31-55(35-27-51-17-1)39-43-7-11-45(12-8-43)41-57-33-6-34-58(38-30-54-20-3-19-53-29-37-57)42-46-13-9-44(10-14-46)40-56-32-5-22-50-26-24-48-16-2-18-52-28-36-56/h7-14,47-54H,1-6,15-42H2. The molecule has 0 unspecified atom stereocenters. The monoisotopic (exact) mass is 805 g/mol. The fraction of sp³-hybridized carbons (Fsp3) is 0.739. The number of hydrogen-bond acceptors (Lipinski definition) is 12. The lowest BCUT2D eigenvalue weighted by molar-refractivity contribution is 0.215. The molecule has 0 spiro atoms. The molecule has 0 bridgehead atoms. The summed E-state index contributed by atoms with van der Waals surface area (Å²) in [5, 5.41) is 29.0. The number of nitrogens with zero attached hydrogens (tertiary/aromatic N) is 4. The fourth-order valence-electron chi connectivity index (χ4n) is 8.30. The van der Waals surface area contributed by atoms with Crippen LogP contribution in [0.3, 0.4) is 0 Å². The van der Waals surface area contributed by atoms with Gasteiger partial charge >= 0.3 is 0 Å². The highest BCUT2D eigenvalue weighted by Crippen LogP contribution is 2.14. The average Bonchev–Trinajstić information content (AvgIpc) is 3.23. The van der Waals surface area contributed by atoms with Crippen LogP contribution in [0.25, 0.3) is 0 Å². The normalized spacial score (nSPS) is 22.6. The van der Waals surface area contributed by atoms with Gasteiger partial charge in [-0.05, 0) is 139 Å². The van der Waals surface area contributed by atoms with E-state index in [-0.39, 0.29) is 0 Å². The van der Waals surface area contributed by atoms with Crippen molar-refractivity contribution < 1.29 is 0 Å². The van der Waals surface area contributed by atoms with Crippen molar-refractivity contribution in [3.8, 4) is 0 Å². The number of benzene rings is 2. The van der Waals surface area contributed by atoms with Crippen LogP contribution in [0.4, 0.5) is 0 Å². The largest absolute Gasteiger partial charge is 0.315 e. The Morgan fingerprint density at radius 1 is 0.241 bits per heavy atom. The molecule has 0 atom stereocenters. The summed E-state index contributed by atoms with van der Waals surface area (Å²) >= 11 is 0. The van der Waals surface area contributed by atoms with Gasteiger partial charge in [-0.2, -0.15) is 0 Å². The van der Waals surface area contributed by atoms with Crippen molar-refractivity contribution in [2.45, 2.75) is 64.7 Å². The zero-order valence-corrected chi connectivity index (χ0v) is 36.4. The molecule has 3 saturated heterocycles. The molecule has 3 aliphatic heterocycles. The molecule has 2 aromatic carbocycles. The Hall–Kier alpha value is -2.04. The maximum absolute atomic E-state index is 3.71. The molecule has 0 aliphatic carbocycles. The van der Waals surface area contributed by atoms with Crippen LogP contribution >= 0.6 is 0 Å². The number of rotatable bonds is 8. The Morgan fingerprint density at radius 3 is 0.741 bits per heavy atom. The maximum atomic E-state index is 3.71. The summed E-state index contributed by atoms with van der Waals surface area (Å²) in [6.45, 7) is 30.1. The van der Waals surface area contributed by atoms with Crippen LogP contribution in [0.5, 0.6) is 0 Å². The van der Waals surface area contributed by atoms with Gasteiger partial charge in [-0.25, -0.2) is 0 Å². The van der Waals surface area contributed by atoms with Crippen molar-refractivity contribution in [1.82, 2.24) is 62.1 Å². The van der Waals surface area contributed by atoms with E-state index in [1.165, 1.54) is 60.8 Å². The first-order valence-electron chi connectivity index (χ1n) is 23.5. The van der Waals surface area contributed by atoms with Gasteiger partial charge in [0.25, 0.3) is 0 Å². The van der Waals surface area contributed by atoms with Crippen molar-refractivity contribution in [2.75, 3.05) is 157 Å². The van der Waals surface area contributed by atoms with Crippen LogP contribution in [0, 0.1) is 0 Å². The molecule has 3 aliphatic rings. The molecular formula is C46H84N12. The summed E-state index contributed by atoms with van der Waals surface area (Å²) in [7, 11) is 0. The van der Waals surface area contributed by atoms with Crippen LogP contribution in [-0.2, 0) is 26.2 Å². The Labute approximate surface area is 353 Å². The summed E-state index contributed by atoms with van der Waals surface area (Å²) in [6, 6.07) is 19.1. The quantitative estimate of drug-likeness (QED) is 0.199. The van der Waals surface area contributed by atoms with Gasteiger partial charge in [-0.1, -0.05) is 48.5 Å². The van der Waals surface area contributed by atoms with Gasteiger partial charge in [0.15, 0.2) is 0 Å². The van der Waals surface area contributed by atoms with Gasteiger partial charge in [0, 0.05) is 105 Å². The zero-order chi connectivity index (χ0) is 40.0. The molecule has 3 fully saturated rings. The summed E-state index contributed by atoms with van der Waals surface area (Å²) in [6.07, 6.45) is 7.11. The van der Waals surface area contributed by atoms with E-state index in [0.717, 1.165) is 183 Å². The molecule has 5 rings (SSSR count). The van der Waals surface area contributed by atoms with Gasteiger partial charge < -0.3 is 42.5 Å². The molecule has 3 heterocycles. The van der Waals surface area contributed by atoms with Gasteiger partial charge in [0.2, 0.25) is 0 Å². The van der Waals surface area contributed by atoms with E-state index in [2.05, 4.69) is 111 Å². The molecule has 2 aromatic rings. The number of nitrogens with one attached hydrogen (secondary N) is 8. The first-order valence-corrected chi connectivity index (χ1v) is 23.5. The van der Waals surface area contributed by atoms with Crippen LogP contribution in [-0.4, -0.2) is 177 Å². The maximum Gasteiger partial charge on any atom is 0.0234 e. The second-order valence-electron chi connectivity index (χ2n) is 16.9. The van der Waals surface area contributed by atoms with E-state index in [1.807, 2.05) is 0 Å². The first-order chi connectivity index (χ1) is 28.8. The summed E-state index contributed by atoms with van der Waals surface area (Å²) < 4.78 is 0. The topological polar surface area (TPSA) is 109 Å².